The van der Waals surface area contributed by atoms with Crippen molar-refractivity contribution in [2.24, 2.45) is 5.10 Å². The van der Waals surface area contributed by atoms with Gasteiger partial charge < -0.3 is 4.74 Å². The summed E-state index contributed by atoms with van der Waals surface area (Å²) in [4.78, 5) is 14.6. The molecule has 1 aliphatic heterocycles. The molecule has 0 spiro atoms. The lowest BCUT2D eigenvalue weighted by atomic mass is 10.1. The number of amidine groups is 1. The second kappa shape index (κ2) is 8.71. The van der Waals surface area contributed by atoms with Gasteiger partial charge in [0.05, 0.1) is 12.3 Å². The van der Waals surface area contributed by atoms with E-state index < -0.39 is 0 Å². The lowest BCUT2D eigenvalue weighted by molar-refractivity contribution is -0.111. The van der Waals surface area contributed by atoms with Gasteiger partial charge in [0.1, 0.15) is 5.75 Å². The summed E-state index contributed by atoms with van der Waals surface area (Å²) in [7, 11) is 0. The highest BCUT2D eigenvalue weighted by Crippen LogP contribution is 2.39. The molecule has 3 aromatic rings. The van der Waals surface area contributed by atoms with Gasteiger partial charge in [0.25, 0.3) is 0 Å². The molecule has 152 valence electrons. The number of rotatable bonds is 6. The van der Waals surface area contributed by atoms with Crippen LogP contribution >= 0.6 is 15.9 Å². The zero-order valence-electron chi connectivity index (χ0n) is 16.8. The second-order valence-corrected chi connectivity index (χ2v) is 7.80. The first-order chi connectivity index (χ1) is 14.6. The van der Waals surface area contributed by atoms with E-state index >= 15 is 0 Å². The fourth-order valence-corrected chi connectivity index (χ4v) is 3.77. The Morgan fingerprint density at radius 1 is 0.967 bits per heavy atom. The highest BCUT2D eigenvalue weighted by Gasteiger charge is 2.39. The van der Waals surface area contributed by atoms with Gasteiger partial charge in [-0.2, -0.15) is 0 Å². The predicted molar refractivity (Wildman–Crippen MR) is 124 cm³/mol. The van der Waals surface area contributed by atoms with Crippen LogP contribution in [-0.2, 0) is 4.79 Å². The number of ketones is 1. The summed E-state index contributed by atoms with van der Waals surface area (Å²) in [6, 6.07) is 25.7. The number of hydrogen-bond donors (Lipinski definition) is 0. The summed E-state index contributed by atoms with van der Waals surface area (Å²) < 4.78 is 6.58. The smallest absolute Gasteiger partial charge is 0.198 e. The number of para-hydroxylation sites is 1. The summed E-state index contributed by atoms with van der Waals surface area (Å²) in [6.45, 7) is 4.11. The Morgan fingerprint density at radius 3 is 2.23 bits per heavy atom. The maximum atomic E-state index is 12.6. The van der Waals surface area contributed by atoms with Crippen molar-refractivity contribution in [3.8, 4) is 5.75 Å². The zero-order chi connectivity index (χ0) is 21.1. The monoisotopic (exact) mass is 463 g/mol. The van der Waals surface area contributed by atoms with E-state index in [4.69, 9.17) is 9.84 Å². The zero-order valence-corrected chi connectivity index (χ0v) is 18.4. The van der Waals surface area contributed by atoms with Crippen LogP contribution in [0.1, 0.15) is 25.6 Å². The molecule has 0 unspecified atom stereocenters. The van der Waals surface area contributed by atoms with E-state index in [-0.39, 0.29) is 11.9 Å². The van der Waals surface area contributed by atoms with Gasteiger partial charge in [-0.25, -0.2) is 5.01 Å². The molecule has 0 radical (unpaired) electrons. The number of Topliss-reactive ketones (excluding diaryl/α,β-unsaturated/α-hetero) is 1. The molecule has 5 nitrogen and oxygen atoms in total. The molecule has 0 amide bonds. The third-order valence-corrected chi connectivity index (χ3v) is 5.37. The quantitative estimate of drug-likeness (QED) is 0.464. The molecule has 6 heteroatoms. The number of halogens is 1. The molecular weight excluding hydrogens is 442 g/mol. The summed E-state index contributed by atoms with van der Waals surface area (Å²) in [5.74, 6) is 1.10. The maximum absolute atomic E-state index is 12.6. The number of carbonyl (C=O) groups excluding carboxylic acids is 1. The summed E-state index contributed by atoms with van der Waals surface area (Å²) in [5.41, 5.74) is 2.81. The first-order valence-electron chi connectivity index (χ1n) is 9.80. The van der Waals surface area contributed by atoms with Gasteiger partial charge in [-0.15, -0.1) is 5.10 Å². The van der Waals surface area contributed by atoms with Crippen molar-refractivity contribution < 1.29 is 9.53 Å². The molecule has 0 N–H and O–H groups in total. The number of nitrogens with zero attached hydrogens (tertiary/aromatic N) is 3. The van der Waals surface area contributed by atoms with Crippen molar-refractivity contribution in [2.75, 3.05) is 16.5 Å². The lowest BCUT2D eigenvalue weighted by Crippen LogP contribution is -2.37. The van der Waals surface area contributed by atoms with Crippen LogP contribution in [0, 0.1) is 0 Å². The summed E-state index contributed by atoms with van der Waals surface area (Å²) in [6.07, 6.45) is -0.294. The van der Waals surface area contributed by atoms with Crippen molar-refractivity contribution >= 4 is 38.9 Å². The van der Waals surface area contributed by atoms with Gasteiger partial charge in [0.15, 0.2) is 17.8 Å². The highest BCUT2D eigenvalue weighted by atomic mass is 79.9. The number of ether oxygens (including phenoxy) is 1. The minimum atomic E-state index is -0.294. The first-order valence-corrected chi connectivity index (χ1v) is 10.6. The van der Waals surface area contributed by atoms with Gasteiger partial charge in [0, 0.05) is 17.1 Å². The highest BCUT2D eigenvalue weighted by molar-refractivity contribution is 9.10. The average Bonchev–Trinajstić information content (AvgIpc) is 3.17. The van der Waals surface area contributed by atoms with E-state index in [9.17, 15) is 4.79 Å². The molecule has 1 heterocycles. The molecule has 0 saturated heterocycles. The van der Waals surface area contributed by atoms with Gasteiger partial charge >= 0.3 is 0 Å². The Kier molecular flexibility index (Phi) is 5.86. The number of benzene rings is 3. The van der Waals surface area contributed by atoms with Crippen LogP contribution in [0.15, 0.2) is 88.4 Å². The van der Waals surface area contributed by atoms with Gasteiger partial charge in [0.2, 0.25) is 0 Å². The van der Waals surface area contributed by atoms with Crippen LogP contribution in [-0.4, -0.2) is 18.2 Å². The van der Waals surface area contributed by atoms with Crippen LogP contribution in [0.2, 0.25) is 0 Å². The summed E-state index contributed by atoms with van der Waals surface area (Å²) in [5, 5.41) is 6.64. The van der Waals surface area contributed by atoms with Crippen LogP contribution in [0.3, 0.4) is 0 Å². The Morgan fingerprint density at radius 2 is 1.63 bits per heavy atom. The van der Waals surface area contributed by atoms with E-state index in [0.29, 0.717) is 12.4 Å². The van der Waals surface area contributed by atoms with Crippen LogP contribution in [0.4, 0.5) is 11.4 Å². The summed E-state index contributed by atoms with van der Waals surface area (Å²) >= 11 is 3.51. The van der Waals surface area contributed by atoms with Gasteiger partial charge in [-0.3, -0.25) is 9.69 Å². The molecule has 30 heavy (non-hydrogen) atoms. The molecule has 0 fully saturated rings. The average molecular weight is 464 g/mol. The molecule has 0 aromatic heterocycles. The molecule has 0 bridgehead atoms. The standard InChI is InChI=1S/C24H22BrN3O2/c1-3-30-22-15-13-20(14-16-22)27-23(17(2)29)26-28(21-7-5-4-6-8-21)24(27)18-9-11-19(25)12-10-18/h4-16,24H,3H2,1-2H3/t24-/m1/s1. The SMILES string of the molecule is CCOc1ccc(N2C(C(C)=O)=NN(c3ccccc3)[C@@H]2c2ccc(Br)cc2)cc1. The number of carbonyl (C=O) groups is 1. The molecule has 3 aromatic carbocycles. The molecule has 4 rings (SSSR count). The Bertz CT molecular complexity index is 1050. The molecule has 0 aliphatic carbocycles. The number of hydrazone groups is 1. The Balaban J connectivity index is 1.84. The third kappa shape index (κ3) is 3.96. The third-order valence-electron chi connectivity index (χ3n) is 4.84. The van der Waals surface area contributed by atoms with Gasteiger partial charge in [-0.1, -0.05) is 46.3 Å². The molecule has 1 aliphatic rings. The number of anilines is 2. The van der Waals surface area contributed by atoms with Crippen LogP contribution in [0.5, 0.6) is 5.75 Å². The fraction of sp³-hybridized carbons (Fsp3) is 0.167. The van der Waals surface area contributed by atoms with E-state index in [1.165, 1.54) is 0 Å². The topological polar surface area (TPSA) is 45.1 Å². The van der Waals surface area contributed by atoms with Crippen molar-refractivity contribution in [3.05, 3.63) is 88.9 Å². The Hall–Kier alpha value is -3.12. The van der Waals surface area contributed by atoms with E-state index in [1.807, 2.05) is 95.7 Å². The minimum Gasteiger partial charge on any atom is -0.494 e. The minimum absolute atomic E-state index is 0.0931. The van der Waals surface area contributed by atoms with Crippen LogP contribution in [0.25, 0.3) is 0 Å². The lowest BCUT2D eigenvalue weighted by Gasteiger charge is -2.32. The number of hydrogen-bond acceptors (Lipinski definition) is 5. The van der Waals surface area contributed by atoms with E-state index in [2.05, 4.69) is 15.9 Å². The first kappa shape index (κ1) is 20.2. The van der Waals surface area contributed by atoms with Crippen molar-refractivity contribution in [2.45, 2.75) is 20.0 Å². The maximum Gasteiger partial charge on any atom is 0.198 e. The van der Waals surface area contributed by atoms with Crippen LogP contribution < -0.4 is 14.6 Å². The molecule has 1 atom stereocenters. The molecular formula is C24H22BrN3O2. The van der Waals surface area contributed by atoms with Gasteiger partial charge in [-0.05, 0) is 61.0 Å². The van der Waals surface area contributed by atoms with Crippen molar-refractivity contribution in [3.63, 3.8) is 0 Å². The Labute approximate surface area is 184 Å². The largest absolute Gasteiger partial charge is 0.494 e. The van der Waals surface area contributed by atoms with E-state index in [0.717, 1.165) is 27.2 Å². The second-order valence-electron chi connectivity index (χ2n) is 6.88. The predicted octanol–water partition coefficient (Wildman–Crippen LogP) is 5.78. The van der Waals surface area contributed by atoms with Crippen molar-refractivity contribution in [1.29, 1.82) is 0 Å². The molecule has 0 saturated carbocycles. The van der Waals surface area contributed by atoms with E-state index in [1.54, 1.807) is 6.92 Å². The fourth-order valence-electron chi connectivity index (χ4n) is 3.51. The van der Waals surface area contributed by atoms with Crippen molar-refractivity contribution in [1.82, 2.24) is 0 Å². The normalized spacial score (nSPS) is 15.8.